The Bertz CT molecular complexity index is 262. The molecule has 0 aromatic carbocycles. The number of anilines is 1. The smallest absolute Gasteiger partial charge is 0.361 e. The molecule has 0 aliphatic heterocycles. The topological polar surface area (TPSA) is 37.8 Å². The van der Waals surface area contributed by atoms with Crippen molar-refractivity contribution in [1.82, 2.24) is 9.36 Å². The standard InChI is InChI=1S/C5H6F3N3S.ClH/c1-2-9-4-10-3(11-12-4)5(6,7)8;/h2H2,1H3,(H,9,10,11);1H. The molecule has 8 heteroatoms. The van der Waals surface area contributed by atoms with Crippen LogP contribution < -0.4 is 5.32 Å². The third-order valence-electron chi connectivity index (χ3n) is 1.01. The van der Waals surface area contributed by atoms with Crippen LogP contribution in [0.25, 0.3) is 0 Å². The van der Waals surface area contributed by atoms with E-state index in [1.165, 1.54) is 0 Å². The molecule has 0 atom stereocenters. The fraction of sp³-hybridized carbons (Fsp3) is 0.600. The van der Waals surface area contributed by atoms with Crippen LogP contribution in [-0.2, 0) is 6.18 Å². The fourth-order valence-electron chi connectivity index (χ4n) is 0.562. The van der Waals surface area contributed by atoms with Crippen molar-refractivity contribution in [1.29, 1.82) is 0 Å². The van der Waals surface area contributed by atoms with Gasteiger partial charge in [0.15, 0.2) is 0 Å². The van der Waals surface area contributed by atoms with Gasteiger partial charge in [0, 0.05) is 18.1 Å². The molecule has 0 saturated carbocycles. The van der Waals surface area contributed by atoms with Crippen LogP contribution >= 0.6 is 23.9 Å². The highest BCUT2D eigenvalue weighted by molar-refractivity contribution is 7.09. The Balaban J connectivity index is 0.00000144. The summed E-state index contributed by atoms with van der Waals surface area (Å²) in [7, 11) is 0. The van der Waals surface area contributed by atoms with Gasteiger partial charge in [0.1, 0.15) is 0 Å². The van der Waals surface area contributed by atoms with Gasteiger partial charge in [-0.15, -0.1) is 12.4 Å². The van der Waals surface area contributed by atoms with E-state index in [2.05, 4.69) is 14.7 Å². The van der Waals surface area contributed by atoms with E-state index in [9.17, 15) is 13.2 Å². The van der Waals surface area contributed by atoms with Gasteiger partial charge in [-0.25, -0.2) is 0 Å². The van der Waals surface area contributed by atoms with Crippen LogP contribution in [0.3, 0.4) is 0 Å². The Hall–Kier alpha value is -0.560. The highest BCUT2D eigenvalue weighted by Crippen LogP contribution is 2.28. The Labute approximate surface area is 82.9 Å². The van der Waals surface area contributed by atoms with Crippen LogP contribution in [0.4, 0.5) is 18.3 Å². The SMILES string of the molecule is CCNc1nc(C(F)(F)F)ns1.Cl. The van der Waals surface area contributed by atoms with E-state index in [1.807, 2.05) is 0 Å². The van der Waals surface area contributed by atoms with E-state index in [0.717, 1.165) is 0 Å². The third-order valence-corrected chi connectivity index (χ3v) is 1.68. The predicted molar refractivity (Wildman–Crippen MR) is 46.3 cm³/mol. The number of rotatable bonds is 2. The van der Waals surface area contributed by atoms with E-state index in [-0.39, 0.29) is 17.5 Å². The van der Waals surface area contributed by atoms with Gasteiger partial charge in [0.25, 0.3) is 0 Å². The second-order valence-electron chi connectivity index (χ2n) is 1.95. The largest absolute Gasteiger partial charge is 0.452 e. The van der Waals surface area contributed by atoms with Gasteiger partial charge in [-0.3, -0.25) is 0 Å². The molecule has 0 fully saturated rings. The minimum atomic E-state index is -4.44. The second-order valence-corrected chi connectivity index (χ2v) is 2.70. The molecule has 13 heavy (non-hydrogen) atoms. The molecule has 0 amide bonds. The fourth-order valence-corrected chi connectivity index (χ4v) is 1.22. The first kappa shape index (κ1) is 12.4. The summed E-state index contributed by atoms with van der Waals surface area (Å²) in [6.07, 6.45) is -4.44. The quantitative estimate of drug-likeness (QED) is 0.853. The van der Waals surface area contributed by atoms with Crippen LogP contribution in [0.15, 0.2) is 0 Å². The van der Waals surface area contributed by atoms with Crippen molar-refractivity contribution in [2.24, 2.45) is 0 Å². The van der Waals surface area contributed by atoms with Gasteiger partial charge in [0.2, 0.25) is 11.0 Å². The summed E-state index contributed by atoms with van der Waals surface area (Å²) in [5.41, 5.74) is 0. The molecule has 0 spiro atoms. The zero-order chi connectivity index (χ0) is 9.19. The molecule has 1 rings (SSSR count). The van der Waals surface area contributed by atoms with Crippen molar-refractivity contribution in [2.45, 2.75) is 13.1 Å². The van der Waals surface area contributed by atoms with E-state index in [0.29, 0.717) is 18.1 Å². The molecule has 76 valence electrons. The van der Waals surface area contributed by atoms with Gasteiger partial charge in [-0.2, -0.15) is 22.5 Å². The minimum absolute atomic E-state index is 0. The van der Waals surface area contributed by atoms with Gasteiger partial charge in [-0.1, -0.05) is 0 Å². The third kappa shape index (κ3) is 3.35. The molecule has 0 bridgehead atoms. The average Bonchev–Trinajstić information content (AvgIpc) is 2.35. The number of hydrogen-bond donors (Lipinski definition) is 1. The van der Waals surface area contributed by atoms with Crippen LogP contribution in [-0.4, -0.2) is 15.9 Å². The Morgan fingerprint density at radius 2 is 2.08 bits per heavy atom. The number of nitrogens with one attached hydrogen (secondary N) is 1. The van der Waals surface area contributed by atoms with Gasteiger partial charge in [-0.05, 0) is 6.92 Å². The summed E-state index contributed by atoms with van der Waals surface area (Å²) in [5, 5.41) is 2.84. The van der Waals surface area contributed by atoms with Gasteiger partial charge >= 0.3 is 6.18 Å². The number of aromatic nitrogens is 2. The lowest BCUT2D eigenvalue weighted by molar-refractivity contribution is -0.144. The van der Waals surface area contributed by atoms with Crippen LogP contribution in [0.2, 0.25) is 0 Å². The molecule has 1 N–H and O–H groups in total. The molecule has 0 unspecified atom stereocenters. The zero-order valence-corrected chi connectivity index (χ0v) is 8.18. The maximum absolute atomic E-state index is 11.9. The molecule has 1 heterocycles. The maximum Gasteiger partial charge on any atom is 0.452 e. The summed E-state index contributed by atoms with van der Waals surface area (Å²) in [6, 6.07) is 0. The van der Waals surface area contributed by atoms with E-state index >= 15 is 0 Å². The molecule has 0 radical (unpaired) electrons. The first-order valence-electron chi connectivity index (χ1n) is 3.19. The summed E-state index contributed by atoms with van der Waals surface area (Å²) in [5.74, 6) is -1.08. The van der Waals surface area contributed by atoms with Crippen LogP contribution in [0.5, 0.6) is 0 Å². The lowest BCUT2D eigenvalue weighted by Gasteiger charge is -1.98. The van der Waals surface area contributed by atoms with Crippen molar-refractivity contribution >= 4 is 29.1 Å². The first-order valence-corrected chi connectivity index (χ1v) is 3.96. The van der Waals surface area contributed by atoms with E-state index in [4.69, 9.17) is 0 Å². The number of hydrogen-bond acceptors (Lipinski definition) is 4. The summed E-state index contributed by atoms with van der Waals surface area (Å²) in [6.45, 7) is 2.31. The Morgan fingerprint density at radius 1 is 1.46 bits per heavy atom. The normalized spacial score (nSPS) is 10.8. The minimum Gasteiger partial charge on any atom is -0.361 e. The zero-order valence-electron chi connectivity index (χ0n) is 6.55. The molecule has 0 saturated heterocycles. The molecule has 0 aliphatic rings. The van der Waals surface area contributed by atoms with E-state index < -0.39 is 12.0 Å². The number of alkyl halides is 3. The van der Waals surface area contributed by atoms with Crippen molar-refractivity contribution in [3.05, 3.63) is 5.82 Å². The molecule has 0 aliphatic carbocycles. The van der Waals surface area contributed by atoms with Crippen molar-refractivity contribution in [3.8, 4) is 0 Å². The van der Waals surface area contributed by atoms with Crippen molar-refractivity contribution in [2.75, 3.05) is 11.9 Å². The van der Waals surface area contributed by atoms with Crippen LogP contribution in [0, 0.1) is 0 Å². The molecule has 1 aromatic heterocycles. The van der Waals surface area contributed by atoms with Gasteiger partial charge in [0.05, 0.1) is 0 Å². The molecule has 3 nitrogen and oxygen atoms in total. The first-order chi connectivity index (χ1) is 5.54. The van der Waals surface area contributed by atoms with Gasteiger partial charge < -0.3 is 5.32 Å². The Kier molecular flexibility index (Phi) is 4.41. The monoisotopic (exact) mass is 233 g/mol. The lowest BCUT2D eigenvalue weighted by atomic mass is 10.6. The molecule has 1 aromatic rings. The molecular formula is C5H7ClF3N3S. The second kappa shape index (κ2) is 4.61. The summed E-state index contributed by atoms with van der Waals surface area (Å²) in [4.78, 5) is 3.24. The summed E-state index contributed by atoms with van der Waals surface area (Å²) < 4.78 is 38.8. The molecular weight excluding hydrogens is 227 g/mol. The highest BCUT2D eigenvalue weighted by Gasteiger charge is 2.35. The number of nitrogens with zero attached hydrogens (tertiary/aromatic N) is 2. The summed E-state index contributed by atoms with van der Waals surface area (Å²) >= 11 is 0.709. The Morgan fingerprint density at radius 3 is 2.46 bits per heavy atom. The van der Waals surface area contributed by atoms with Crippen molar-refractivity contribution in [3.63, 3.8) is 0 Å². The van der Waals surface area contributed by atoms with E-state index in [1.54, 1.807) is 6.92 Å². The lowest BCUT2D eigenvalue weighted by Crippen LogP contribution is -2.07. The maximum atomic E-state index is 11.9. The predicted octanol–water partition coefficient (Wildman–Crippen LogP) is 2.41. The van der Waals surface area contributed by atoms with Crippen LogP contribution in [0.1, 0.15) is 12.7 Å². The highest BCUT2D eigenvalue weighted by atomic mass is 35.5. The number of halogens is 4. The average molecular weight is 234 g/mol. The van der Waals surface area contributed by atoms with Crippen molar-refractivity contribution < 1.29 is 13.2 Å².